The molecule has 0 spiro atoms. The third-order valence-electron chi connectivity index (χ3n) is 4.49. The van der Waals surface area contributed by atoms with Gasteiger partial charge in [-0.2, -0.15) is 13.2 Å². The number of nitrogens with one attached hydrogen (secondary N) is 1. The molecule has 0 unspecified atom stereocenters. The second-order valence-corrected chi connectivity index (χ2v) is 7.03. The third kappa shape index (κ3) is 4.46. The van der Waals surface area contributed by atoms with Gasteiger partial charge in [0.2, 0.25) is 5.88 Å². The maximum Gasteiger partial charge on any atom is 0.416 e. The van der Waals surface area contributed by atoms with Crippen LogP contribution in [0.25, 0.3) is 10.9 Å². The minimum atomic E-state index is -4.50. The molecule has 0 fully saturated rings. The van der Waals surface area contributed by atoms with Gasteiger partial charge in [-0.25, -0.2) is 9.97 Å². The number of alkyl halides is 3. The van der Waals surface area contributed by atoms with Crippen LogP contribution in [0.5, 0.6) is 11.6 Å². The van der Waals surface area contributed by atoms with Gasteiger partial charge >= 0.3 is 6.18 Å². The monoisotopic (exact) mass is 446 g/mol. The topological polar surface area (TPSA) is 69.0 Å². The number of carbonyl (C=O) groups is 1. The van der Waals surface area contributed by atoms with E-state index in [1.807, 2.05) is 0 Å². The molecule has 1 N–H and O–H groups in total. The minimum Gasteiger partial charge on any atom is -0.439 e. The van der Waals surface area contributed by atoms with Gasteiger partial charge in [0.1, 0.15) is 17.2 Å². The van der Waals surface area contributed by atoms with Crippen molar-refractivity contribution < 1.29 is 22.7 Å². The fourth-order valence-corrected chi connectivity index (χ4v) is 3.21. The first-order valence-electron chi connectivity index (χ1n) is 8.94. The number of hydrogen-bond donors (Lipinski definition) is 1. The predicted octanol–water partition coefficient (Wildman–Crippen LogP) is 5.69. The fourth-order valence-electron chi connectivity index (χ4n) is 3.07. The molecule has 0 bridgehead atoms. The zero-order valence-electron chi connectivity index (χ0n) is 15.9. The van der Waals surface area contributed by atoms with Gasteiger partial charge < -0.3 is 14.6 Å². The molecule has 0 aliphatic carbocycles. The van der Waals surface area contributed by atoms with Crippen LogP contribution in [0.15, 0.2) is 61.1 Å². The van der Waals surface area contributed by atoms with Crippen LogP contribution in [-0.4, -0.2) is 20.4 Å². The highest BCUT2D eigenvalue weighted by Gasteiger charge is 2.30. The Labute approximate surface area is 179 Å². The largest absolute Gasteiger partial charge is 0.439 e. The normalized spacial score (nSPS) is 11.5. The van der Waals surface area contributed by atoms with Crippen molar-refractivity contribution in [1.29, 1.82) is 0 Å². The molecule has 6 nitrogen and oxygen atoms in total. The summed E-state index contributed by atoms with van der Waals surface area (Å²) < 4.78 is 46.1. The first-order chi connectivity index (χ1) is 14.7. The van der Waals surface area contributed by atoms with Crippen LogP contribution in [0.2, 0.25) is 5.15 Å². The van der Waals surface area contributed by atoms with Crippen molar-refractivity contribution in [2.45, 2.75) is 6.18 Å². The first-order valence-corrected chi connectivity index (χ1v) is 9.31. The molecule has 158 valence electrons. The van der Waals surface area contributed by atoms with E-state index in [9.17, 15) is 18.0 Å². The minimum absolute atomic E-state index is 0.0532. The van der Waals surface area contributed by atoms with Crippen LogP contribution in [-0.2, 0) is 13.2 Å². The van der Waals surface area contributed by atoms with E-state index < -0.39 is 17.6 Å². The second kappa shape index (κ2) is 7.92. The van der Waals surface area contributed by atoms with E-state index in [0.717, 1.165) is 12.1 Å². The summed E-state index contributed by atoms with van der Waals surface area (Å²) in [6.45, 7) is 0. The van der Waals surface area contributed by atoms with E-state index in [-0.39, 0.29) is 16.7 Å². The van der Waals surface area contributed by atoms with Crippen LogP contribution in [0.4, 0.5) is 18.9 Å². The lowest BCUT2D eigenvalue weighted by atomic mass is 10.1. The molecule has 2 heterocycles. The van der Waals surface area contributed by atoms with Gasteiger partial charge in [-0.15, -0.1) is 0 Å². The van der Waals surface area contributed by atoms with Crippen molar-refractivity contribution >= 4 is 34.1 Å². The van der Waals surface area contributed by atoms with Crippen molar-refractivity contribution in [2.24, 2.45) is 7.05 Å². The molecular formula is C21H14ClF3N4O2. The highest BCUT2D eigenvalue weighted by molar-refractivity contribution is 6.29. The van der Waals surface area contributed by atoms with Crippen LogP contribution in [0.1, 0.15) is 15.9 Å². The van der Waals surface area contributed by atoms with Crippen molar-refractivity contribution in [1.82, 2.24) is 14.5 Å². The van der Waals surface area contributed by atoms with Crippen LogP contribution in [0, 0.1) is 0 Å². The fraction of sp³-hybridized carbons (Fsp3) is 0.0952. The summed E-state index contributed by atoms with van der Waals surface area (Å²) in [4.78, 5) is 20.5. The molecule has 0 aliphatic heterocycles. The smallest absolute Gasteiger partial charge is 0.416 e. The molecule has 0 radical (unpaired) electrons. The van der Waals surface area contributed by atoms with Crippen molar-refractivity contribution in [3.8, 4) is 11.6 Å². The number of benzene rings is 2. The van der Waals surface area contributed by atoms with Gasteiger partial charge in [-0.05, 0) is 30.3 Å². The Morgan fingerprint density at radius 2 is 1.94 bits per heavy atom. The SMILES string of the molecule is Cn1cc(C(=O)Nc2cccc(C(F)(F)F)c2)c2ccc(Oc3cc(Cl)ncn3)cc21. The molecule has 4 rings (SSSR count). The number of halogens is 4. The lowest BCUT2D eigenvalue weighted by Crippen LogP contribution is -2.13. The number of rotatable bonds is 4. The second-order valence-electron chi connectivity index (χ2n) is 6.65. The molecule has 2 aromatic carbocycles. The Morgan fingerprint density at radius 1 is 1.13 bits per heavy atom. The number of carbonyl (C=O) groups excluding carboxylic acids is 1. The van der Waals surface area contributed by atoms with Gasteiger partial charge in [-0.1, -0.05) is 17.7 Å². The van der Waals surface area contributed by atoms with Crippen LogP contribution >= 0.6 is 11.6 Å². The Balaban J connectivity index is 1.60. The van der Waals surface area contributed by atoms with Crippen LogP contribution in [0.3, 0.4) is 0 Å². The molecule has 0 saturated carbocycles. The molecule has 2 aromatic heterocycles. The highest BCUT2D eigenvalue weighted by atomic mass is 35.5. The lowest BCUT2D eigenvalue weighted by Gasteiger charge is -2.09. The van der Waals surface area contributed by atoms with Gasteiger partial charge in [0.05, 0.1) is 16.6 Å². The van der Waals surface area contributed by atoms with E-state index in [1.54, 1.807) is 36.0 Å². The number of hydrogen-bond acceptors (Lipinski definition) is 4. The molecule has 0 atom stereocenters. The van der Waals surface area contributed by atoms with E-state index >= 15 is 0 Å². The van der Waals surface area contributed by atoms with Gasteiger partial charge in [-0.3, -0.25) is 4.79 Å². The molecular weight excluding hydrogens is 433 g/mol. The number of aryl methyl sites for hydroxylation is 1. The van der Waals surface area contributed by atoms with E-state index in [1.165, 1.54) is 24.5 Å². The number of amides is 1. The summed E-state index contributed by atoms with van der Waals surface area (Å²) >= 11 is 5.83. The number of aromatic nitrogens is 3. The summed E-state index contributed by atoms with van der Waals surface area (Å²) in [6.07, 6.45) is -1.63. The van der Waals surface area contributed by atoms with Gasteiger partial charge in [0, 0.05) is 36.5 Å². The Kier molecular flexibility index (Phi) is 5.28. The number of ether oxygens (including phenoxy) is 1. The molecule has 0 aliphatic rings. The van der Waals surface area contributed by atoms with Gasteiger partial charge in [0.25, 0.3) is 5.91 Å². The maximum absolute atomic E-state index is 12.9. The quantitative estimate of drug-likeness (QED) is 0.409. The third-order valence-corrected chi connectivity index (χ3v) is 4.69. The average Bonchev–Trinajstić information content (AvgIpc) is 3.04. The molecule has 10 heteroatoms. The first kappa shape index (κ1) is 20.7. The van der Waals surface area contributed by atoms with E-state index in [4.69, 9.17) is 16.3 Å². The lowest BCUT2D eigenvalue weighted by molar-refractivity contribution is -0.137. The summed E-state index contributed by atoms with van der Waals surface area (Å²) in [5.74, 6) is 0.200. The standard InChI is InChI=1S/C21H14ClF3N4O2/c1-29-10-16(20(30)28-13-4-2-3-12(7-13)21(23,24)25)15-6-5-14(8-17(15)29)31-19-9-18(22)26-11-27-19/h2-11H,1H3,(H,28,30). The molecule has 0 saturated heterocycles. The summed E-state index contributed by atoms with van der Waals surface area (Å²) in [5.41, 5.74) is 0.214. The summed E-state index contributed by atoms with van der Waals surface area (Å²) in [7, 11) is 1.74. The predicted molar refractivity (Wildman–Crippen MR) is 109 cm³/mol. The zero-order chi connectivity index (χ0) is 22.2. The van der Waals surface area contributed by atoms with Gasteiger partial charge in [0.15, 0.2) is 0 Å². The van der Waals surface area contributed by atoms with Crippen molar-refractivity contribution in [3.05, 3.63) is 77.3 Å². The van der Waals surface area contributed by atoms with E-state index in [2.05, 4.69) is 15.3 Å². The molecule has 1 amide bonds. The summed E-state index contributed by atoms with van der Waals surface area (Å²) in [5, 5.41) is 3.37. The highest BCUT2D eigenvalue weighted by Crippen LogP contribution is 2.32. The average molecular weight is 447 g/mol. The zero-order valence-corrected chi connectivity index (χ0v) is 16.7. The summed E-state index contributed by atoms with van der Waals surface area (Å²) in [6, 6.07) is 11.0. The Bertz CT molecular complexity index is 1290. The van der Waals surface area contributed by atoms with Crippen molar-refractivity contribution in [2.75, 3.05) is 5.32 Å². The van der Waals surface area contributed by atoms with Crippen molar-refractivity contribution in [3.63, 3.8) is 0 Å². The Morgan fingerprint density at radius 3 is 2.68 bits per heavy atom. The number of fused-ring (bicyclic) bond motifs is 1. The molecule has 31 heavy (non-hydrogen) atoms. The number of anilines is 1. The maximum atomic E-state index is 12.9. The molecule has 4 aromatic rings. The van der Waals surface area contributed by atoms with E-state index in [0.29, 0.717) is 22.2 Å². The Hall–Kier alpha value is -3.59. The van der Waals surface area contributed by atoms with Crippen LogP contribution < -0.4 is 10.1 Å². The number of nitrogens with zero attached hydrogens (tertiary/aromatic N) is 3.